The summed E-state index contributed by atoms with van der Waals surface area (Å²) in [5.74, 6) is 4.39. The van der Waals surface area contributed by atoms with Gasteiger partial charge in [-0.25, -0.2) is 9.78 Å². The fraction of sp³-hybridized carbons (Fsp3) is 0.368. The van der Waals surface area contributed by atoms with Crippen molar-refractivity contribution < 1.29 is 14.3 Å². The second-order valence-electron chi connectivity index (χ2n) is 6.00. The van der Waals surface area contributed by atoms with E-state index in [0.29, 0.717) is 23.7 Å². The summed E-state index contributed by atoms with van der Waals surface area (Å²) >= 11 is 1.97. The molecule has 0 saturated carbocycles. The summed E-state index contributed by atoms with van der Waals surface area (Å²) in [5, 5.41) is 5.67. The normalized spacial score (nSPS) is 13.8. The molecule has 1 fully saturated rings. The highest BCUT2D eigenvalue weighted by atomic mass is 32.2. The van der Waals surface area contributed by atoms with Crippen LogP contribution in [0, 0.1) is 0 Å². The first-order valence-electron chi connectivity index (χ1n) is 8.74. The van der Waals surface area contributed by atoms with Crippen LogP contribution in [0.4, 0.5) is 16.3 Å². The Morgan fingerprint density at radius 1 is 1.15 bits per heavy atom. The third kappa shape index (κ3) is 5.19. The number of aromatic nitrogens is 1. The first kappa shape index (κ1) is 19.2. The van der Waals surface area contributed by atoms with Crippen molar-refractivity contribution in [2.45, 2.75) is 6.54 Å². The second kappa shape index (κ2) is 9.36. The van der Waals surface area contributed by atoms with E-state index in [2.05, 4.69) is 20.5 Å². The molecule has 3 rings (SSSR count). The lowest BCUT2D eigenvalue weighted by Gasteiger charge is -2.27. The van der Waals surface area contributed by atoms with Crippen LogP contribution in [0.5, 0.6) is 11.5 Å². The lowest BCUT2D eigenvalue weighted by Crippen LogP contribution is -2.33. The maximum absolute atomic E-state index is 12.2. The van der Waals surface area contributed by atoms with Crippen LogP contribution in [0.2, 0.25) is 0 Å². The number of carbonyl (C=O) groups is 1. The molecule has 144 valence electrons. The number of thioether (sulfide) groups is 1. The summed E-state index contributed by atoms with van der Waals surface area (Å²) in [5.41, 5.74) is 1.65. The number of pyridine rings is 1. The predicted octanol–water partition coefficient (Wildman–Crippen LogP) is 2.97. The van der Waals surface area contributed by atoms with Gasteiger partial charge in [0.05, 0.1) is 14.2 Å². The van der Waals surface area contributed by atoms with Crippen LogP contribution < -0.4 is 25.0 Å². The number of hydrogen-bond acceptors (Lipinski definition) is 6. The van der Waals surface area contributed by atoms with Crippen molar-refractivity contribution in [1.82, 2.24) is 10.3 Å². The van der Waals surface area contributed by atoms with E-state index in [-0.39, 0.29) is 6.03 Å². The Balaban J connectivity index is 1.56. The van der Waals surface area contributed by atoms with Gasteiger partial charge in [-0.3, -0.25) is 0 Å². The molecule has 0 aliphatic carbocycles. The lowest BCUT2D eigenvalue weighted by atomic mass is 10.2. The number of benzene rings is 1. The highest BCUT2D eigenvalue weighted by Crippen LogP contribution is 2.29. The van der Waals surface area contributed by atoms with Crippen LogP contribution in [-0.4, -0.2) is 49.8 Å². The zero-order valence-electron chi connectivity index (χ0n) is 15.5. The van der Waals surface area contributed by atoms with Crippen LogP contribution >= 0.6 is 11.8 Å². The van der Waals surface area contributed by atoms with Crippen LogP contribution in [0.1, 0.15) is 5.56 Å². The van der Waals surface area contributed by atoms with E-state index in [0.717, 1.165) is 36.0 Å². The molecule has 0 atom stereocenters. The average Bonchev–Trinajstić information content (AvgIpc) is 2.73. The second-order valence-corrected chi connectivity index (χ2v) is 7.22. The highest BCUT2D eigenvalue weighted by molar-refractivity contribution is 7.99. The third-order valence-electron chi connectivity index (χ3n) is 4.24. The van der Waals surface area contributed by atoms with Gasteiger partial charge in [-0.2, -0.15) is 11.8 Å². The van der Waals surface area contributed by atoms with E-state index < -0.39 is 0 Å². The lowest BCUT2D eigenvalue weighted by molar-refractivity contribution is 0.251. The molecule has 0 spiro atoms. The van der Waals surface area contributed by atoms with Gasteiger partial charge in [-0.15, -0.1) is 0 Å². The molecule has 2 amide bonds. The summed E-state index contributed by atoms with van der Waals surface area (Å²) in [4.78, 5) is 18.9. The van der Waals surface area contributed by atoms with Crippen molar-refractivity contribution >= 4 is 29.3 Å². The smallest absolute Gasteiger partial charge is 0.319 e. The molecular weight excluding hydrogens is 364 g/mol. The van der Waals surface area contributed by atoms with Gasteiger partial charge in [-0.1, -0.05) is 0 Å². The average molecular weight is 388 g/mol. The molecule has 2 heterocycles. The van der Waals surface area contributed by atoms with E-state index in [9.17, 15) is 4.79 Å². The molecule has 7 nitrogen and oxygen atoms in total. The standard InChI is InChI=1S/C19H24N4O3S/c1-25-16-4-3-15(12-17(16)26-2)22-19(24)21-13-14-5-6-20-18(11-14)23-7-9-27-10-8-23/h3-6,11-12H,7-10,13H2,1-2H3,(H2,21,22,24). The first-order valence-corrected chi connectivity index (χ1v) is 9.89. The van der Waals surface area contributed by atoms with E-state index in [1.54, 1.807) is 38.6 Å². The van der Waals surface area contributed by atoms with Gasteiger partial charge in [0, 0.05) is 49.1 Å². The van der Waals surface area contributed by atoms with Crippen molar-refractivity contribution in [2.24, 2.45) is 0 Å². The van der Waals surface area contributed by atoms with Crippen molar-refractivity contribution in [3.05, 3.63) is 42.1 Å². The maximum atomic E-state index is 12.2. The molecule has 0 unspecified atom stereocenters. The number of urea groups is 1. The van der Waals surface area contributed by atoms with E-state index >= 15 is 0 Å². The van der Waals surface area contributed by atoms with Crippen LogP contribution in [-0.2, 0) is 6.54 Å². The summed E-state index contributed by atoms with van der Waals surface area (Å²) in [6.07, 6.45) is 1.79. The van der Waals surface area contributed by atoms with Gasteiger partial charge in [-0.05, 0) is 29.8 Å². The molecule has 1 aliphatic rings. The van der Waals surface area contributed by atoms with E-state index in [1.807, 2.05) is 23.9 Å². The Labute approximate surface area is 163 Å². The first-order chi connectivity index (χ1) is 13.2. The molecular formula is C19H24N4O3S. The van der Waals surface area contributed by atoms with Crippen LogP contribution in [0.15, 0.2) is 36.5 Å². The van der Waals surface area contributed by atoms with E-state index in [4.69, 9.17) is 9.47 Å². The number of nitrogens with one attached hydrogen (secondary N) is 2. The molecule has 1 saturated heterocycles. The van der Waals surface area contributed by atoms with Gasteiger partial charge in [0.15, 0.2) is 11.5 Å². The minimum Gasteiger partial charge on any atom is -0.493 e. The summed E-state index contributed by atoms with van der Waals surface area (Å²) in [6.45, 7) is 2.44. The van der Waals surface area contributed by atoms with Gasteiger partial charge >= 0.3 is 6.03 Å². The number of ether oxygens (including phenoxy) is 2. The molecule has 0 bridgehead atoms. The Morgan fingerprint density at radius 2 is 1.93 bits per heavy atom. The predicted molar refractivity (Wildman–Crippen MR) is 109 cm³/mol. The number of carbonyl (C=O) groups excluding carboxylic acids is 1. The number of methoxy groups -OCH3 is 2. The monoisotopic (exact) mass is 388 g/mol. The third-order valence-corrected chi connectivity index (χ3v) is 5.18. The van der Waals surface area contributed by atoms with Crippen LogP contribution in [0.25, 0.3) is 0 Å². The van der Waals surface area contributed by atoms with Crippen molar-refractivity contribution in [3.63, 3.8) is 0 Å². The zero-order valence-corrected chi connectivity index (χ0v) is 16.3. The topological polar surface area (TPSA) is 75.7 Å². The molecule has 0 radical (unpaired) electrons. The molecule has 8 heteroatoms. The van der Waals surface area contributed by atoms with Crippen molar-refractivity contribution in [2.75, 3.05) is 49.0 Å². The molecule has 2 N–H and O–H groups in total. The summed E-state index contributed by atoms with van der Waals surface area (Å²) in [6, 6.07) is 8.90. The minimum absolute atomic E-state index is 0.282. The molecule has 2 aromatic rings. The van der Waals surface area contributed by atoms with Gasteiger partial charge < -0.3 is 25.0 Å². The van der Waals surface area contributed by atoms with Crippen molar-refractivity contribution in [1.29, 1.82) is 0 Å². The fourth-order valence-corrected chi connectivity index (χ4v) is 3.71. The molecule has 1 aromatic carbocycles. The summed E-state index contributed by atoms with van der Waals surface area (Å²) < 4.78 is 10.4. The summed E-state index contributed by atoms with van der Waals surface area (Å²) in [7, 11) is 3.13. The zero-order chi connectivity index (χ0) is 19.1. The Morgan fingerprint density at radius 3 is 2.67 bits per heavy atom. The van der Waals surface area contributed by atoms with Gasteiger partial charge in [0.1, 0.15) is 5.82 Å². The Bertz CT molecular complexity index is 781. The van der Waals surface area contributed by atoms with Gasteiger partial charge in [0.2, 0.25) is 0 Å². The number of anilines is 2. The van der Waals surface area contributed by atoms with E-state index in [1.165, 1.54) is 0 Å². The number of amides is 2. The Hall–Kier alpha value is -2.61. The number of hydrogen-bond donors (Lipinski definition) is 2. The van der Waals surface area contributed by atoms with Crippen molar-refractivity contribution in [3.8, 4) is 11.5 Å². The number of rotatable bonds is 6. The fourth-order valence-electron chi connectivity index (χ4n) is 2.81. The Kier molecular flexibility index (Phi) is 6.64. The molecule has 1 aliphatic heterocycles. The van der Waals surface area contributed by atoms with Gasteiger partial charge in [0.25, 0.3) is 0 Å². The number of nitrogens with zero attached hydrogens (tertiary/aromatic N) is 2. The minimum atomic E-state index is -0.282. The quantitative estimate of drug-likeness (QED) is 0.792. The molecule has 1 aromatic heterocycles. The largest absolute Gasteiger partial charge is 0.493 e. The SMILES string of the molecule is COc1ccc(NC(=O)NCc2ccnc(N3CCSCC3)c2)cc1OC. The molecule has 27 heavy (non-hydrogen) atoms. The highest BCUT2D eigenvalue weighted by Gasteiger charge is 2.13. The maximum Gasteiger partial charge on any atom is 0.319 e. The van der Waals surface area contributed by atoms with Crippen LogP contribution in [0.3, 0.4) is 0 Å².